The van der Waals surface area contributed by atoms with Crippen LogP contribution in [0.3, 0.4) is 0 Å². The number of sulfonamides is 1. The van der Waals surface area contributed by atoms with E-state index in [-0.39, 0.29) is 11.5 Å². The van der Waals surface area contributed by atoms with Gasteiger partial charge < -0.3 is 0 Å². The number of allylic oxidation sites excluding steroid dienone is 1. The van der Waals surface area contributed by atoms with Gasteiger partial charge in [0.25, 0.3) is 0 Å². The molecular weight excluding hydrogens is 298 g/mol. The number of hydrogen-bond donors (Lipinski definition) is 1. The maximum atomic E-state index is 12.3. The number of nitrogens with one attached hydrogen (secondary N) is 1. The molecule has 0 aliphatic heterocycles. The fourth-order valence-electron chi connectivity index (χ4n) is 2.02. The minimum absolute atomic E-state index is 0.256. The van der Waals surface area contributed by atoms with Crippen LogP contribution in [-0.2, 0) is 10.0 Å². The van der Waals surface area contributed by atoms with Gasteiger partial charge in [0, 0.05) is 5.56 Å². The van der Waals surface area contributed by atoms with Crippen molar-refractivity contribution in [3.05, 3.63) is 71.3 Å². The first-order chi connectivity index (χ1) is 10.3. The van der Waals surface area contributed by atoms with Gasteiger partial charge in [0.05, 0.1) is 11.9 Å². The Labute approximate surface area is 130 Å². The molecule has 0 radical (unpaired) electrons. The molecule has 0 amide bonds. The molecule has 0 fully saturated rings. The van der Waals surface area contributed by atoms with E-state index in [2.05, 4.69) is 4.72 Å². The maximum Gasteiger partial charge on any atom is 0.229 e. The third-order valence-corrected chi connectivity index (χ3v) is 3.55. The summed E-state index contributed by atoms with van der Waals surface area (Å²) in [5, 5.41) is 0. The Hall–Kier alpha value is -2.40. The standard InChI is InChI=1S/C17H17NO3S/c1-13-6-5-7-14(12-13)10-11-17(19)15-8-3-4-9-16(15)18-22(2,20)21/h3-12,18H,1-2H3/b11-10+. The van der Waals surface area contributed by atoms with Crippen LogP contribution in [0.25, 0.3) is 6.08 Å². The summed E-state index contributed by atoms with van der Waals surface area (Å²) >= 11 is 0. The molecule has 0 saturated heterocycles. The molecule has 0 atom stereocenters. The Morgan fingerprint density at radius 3 is 2.50 bits per heavy atom. The van der Waals surface area contributed by atoms with Gasteiger partial charge in [0.15, 0.2) is 5.78 Å². The molecule has 2 aromatic rings. The van der Waals surface area contributed by atoms with Crippen molar-refractivity contribution in [1.82, 2.24) is 0 Å². The van der Waals surface area contributed by atoms with Crippen molar-refractivity contribution in [3.8, 4) is 0 Å². The number of hydrogen-bond acceptors (Lipinski definition) is 3. The van der Waals surface area contributed by atoms with Gasteiger partial charge in [-0.05, 0) is 30.7 Å². The molecule has 0 saturated carbocycles. The molecule has 0 aliphatic rings. The SMILES string of the molecule is Cc1cccc(/C=C/C(=O)c2ccccc2NS(C)(=O)=O)c1. The van der Waals surface area contributed by atoms with Crippen LogP contribution in [0.5, 0.6) is 0 Å². The van der Waals surface area contributed by atoms with Gasteiger partial charge in [-0.15, -0.1) is 0 Å². The van der Waals surface area contributed by atoms with Crippen molar-refractivity contribution in [1.29, 1.82) is 0 Å². The summed E-state index contributed by atoms with van der Waals surface area (Å²) in [7, 11) is -3.43. The van der Waals surface area contributed by atoms with Crippen molar-refractivity contribution in [2.45, 2.75) is 6.92 Å². The van der Waals surface area contributed by atoms with Crippen LogP contribution in [-0.4, -0.2) is 20.5 Å². The molecule has 0 spiro atoms. The zero-order valence-corrected chi connectivity index (χ0v) is 13.2. The Kier molecular flexibility index (Phi) is 4.78. The van der Waals surface area contributed by atoms with Crippen molar-refractivity contribution >= 4 is 27.6 Å². The smallest absolute Gasteiger partial charge is 0.229 e. The number of rotatable bonds is 5. The van der Waals surface area contributed by atoms with Gasteiger partial charge in [-0.1, -0.05) is 48.0 Å². The van der Waals surface area contributed by atoms with Crippen molar-refractivity contribution in [3.63, 3.8) is 0 Å². The minimum Gasteiger partial charge on any atom is -0.289 e. The first-order valence-corrected chi connectivity index (χ1v) is 8.60. The first kappa shape index (κ1) is 16.0. The van der Waals surface area contributed by atoms with Crippen LogP contribution < -0.4 is 4.72 Å². The molecule has 4 nitrogen and oxygen atoms in total. The van der Waals surface area contributed by atoms with Gasteiger partial charge in [0.1, 0.15) is 0 Å². The maximum absolute atomic E-state index is 12.3. The predicted octanol–water partition coefficient (Wildman–Crippen LogP) is 3.26. The highest BCUT2D eigenvalue weighted by atomic mass is 32.2. The average Bonchev–Trinajstić information content (AvgIpc) is 2.44. The summed E-state index contributed by atoms with van der Waals surface area (Å²) < 4.78 is 25.1. The summed E-state index contributed by atoms with van der Waals surface area (Å²) in [4.78, 5) is 12.3. The summed E-state index contributed by atoms with van der Waals surface area (Å²) in [6.45, 7) is 1.98. The van der Waals surface area contributed by atoms with E-state index in [1.54, 1.807) is 30.3 Å². The van der Waals surface area contributed by atoms with Gasteiger partial charge >= 0.3 is 0 Å². The average molecular weight is 315 g/mol. The molecule has 22 heavy (non-hydrogen) atoms. The summed E-state index contributed by atoms with van der Waals surface area (Å²) in [6.07, 6.45) is 4.21. The number of benzene rings is 2. The Balaban J connectivity index is 2.27. The van der Waals surface area contributed by atoms with Crippen molar-refractivity contribution < 1.29 is 13.2 Å². The topological polar surface area (TPSA) is 63.2 Å². The van der Waals surface area contributed by atoms with E-state index in [0.29, 0.717) is 5.56 Å². The van der Waals surface area contributed by atoms with Crippen LogP contribution in [0.2, 0.25) is 0 Å². The quantitative estimate of drug-likeness (QED) is 0.680. The lowest BCUT2D eigenvalue weighted by Gasteiger charge is -2.07. The third kappa shape index (κ3) is 4.56. The normalized spacial score (nSPS) is 11.5. The summed E-state index contributed by atoms with van der Waals surface area (Å²) in [6, 6.07) is 14.3. The van der Waals surface area contributed by atoms with Crippen LogP contribution in [0.15, 0.2) is 54.6 Å². The summed E-state index contributed by atoms with van der Waals surface area (Å²) in [5.41, 5.74) is 2.62. The van der Waals surface area contributed by atoms with E-state index >= 15 is 0 Å². The van der Waals surface area contributed by atoms with Crippen LogP contribution in [0, 0.1) is 6.92 Å². The molecule has 0 unspecified atom stereocenters. The molecule has 2 rings (SSSR count). The second-order valence-electron chi connectivity index (χ2n) is 5.03. The highest BCUT2D eigenvalue weighted by Gasteiger charge is 2.11. The van der Waals surface area contributed by atoms with Crippen LogP contribution >= 0.6 is 0 Å². The largest absolute Gasteiger partial charge is 0.289 e. The molecule has 0 aromatic heterocycles. The number of para-hydroxylation sites is 1. The van der Waals surface area contributed by atoms with E-state index in [9.17, 15) is 13.2 Å². The fraction of sp³-hybridized carbons (Fsp3) is 0.118. The van der Waals surface area contributed by atoms with Crippen LogP contribution in [0.4, 0.5) is 5.69 Å². The van der Waals surface area contributed by atoms with Crippen LogP contribution in [0.1, 0.15) is 21.5 Å². The lowest BCUT2D eigenvalue weighted by molar-refractivity contribution is 0.104. The number of carbonyl (C=O) groups is 1. The Morgan fingerprint density at radius 2 is 1.82 bits per heavy atom. The van der Waals surface area contributed by atoms with Gasteiger partial charge in [-0.25, -0.2) is 8.42 Å². The zero-order valence-electron chi connectivity index (χ0n) is 12.4. The summed E-state index contributed by atoms with van der Waals surface area (Å²) in [5.74, 6) is -0.256. The minimum atomic E-state index is -3.43. The number of carbonyl (C=O) groups excluding carboxylic acids is 1. The second-order valence-corrected chi connectivity index (χ2v) is 6.78. The van der Waals surface area contributed by atoms with E-state index < -0.39 is 10.0 Å². The van der Waals surface area contributed by atoms with Gasteiger partial charge in [-0.2, -0.15) is 0 Å². The monoisotopic (exact) mass is 315 g/mol. The van der Waals surface area contributed by atoms with E-state index in [4.69, 9.17) is 0 Å². The molecular formula is C17H17NO3S. The second kappa shape index (κ2) is 6.58. The van der Waals surface area contributed by atoms with E-state index in [1.165, 1.54) is 6.08 Å². The molecule has 114 valence electrons. The number of ketones is 1. The lowest BCUT2D eigenvalue weighted by atomic mass is 10.1. The van der Waals surface area contributed by atoms with Gasteiger partial charge in [-0.3, -0.25) is 9.52 Å². The molecule has 2 aromatic carbocycles. The lowest BCUT2D eigenvalue weighted by Crippen LogP contribution is -2.12. The fourth-order valence-corrected chi connectivity index (χ4v) is 2.60. The third-order valence-electron chi connectivity index (χ3n) is 2.96. The Bertz CT molecular complexity index is 823. The van der Waals surface area contributed by atoms with Crippen molar-refractivity contribution in [2.24, 2.45) is 0 Å². The zero-order chi connectivity index (χ0) is 16.2. The highest BCUT2D eigenvalue weighted by molar-refractivity contribution is 7.92. The van der Waals surface area contributed by atoms with Gasteiger partial charge in [0.2, 0.25) is 10.0 Å². The molecule has 0 aliphatic carbocycles. The highest BCUT2D eigenvalue weighted by Crippen LogP contribution is 2.18. The molecule has 1 N–H and O–H groups in total. The molecule has 0 heterocycles. The van der Waals surface area contributed by atoms with E-state index in [1.807, 2.05) is 31.2 Å². The number of anilines is 1. The number of aryl methyl sites for hydroxylation is 1. The Morgan fingerprint density at radius 1 is 1.09 bits per heavy atom. The molecule has 5 heteroatoms. The van der Waals surface area contributed by atoms with E-state index in [0.717, 1.165) is 17.4 Å². The predicted molar refractivity (Wildman–Crippen MR) is 89.5 cm³/mol. The molecule has 0 bridgehead atoms. The van der Waals surface area contributed by atoms with Crippen molar-refractivity contribution in [2.75, 3.05) is 11.0 Å². The first-order valence-electron chi connectivity index (χ1n) is 6.71.